The Morgan fingerprint density at radius 2 is 2.00 bits per heavy atom. The van der Waals surface area contributed by atoms with Crippen LogP contribution in [0.5, 0.6) is 0 Å². The van der Waals surface area contributed by atoms with Crippen LogP contribution in [-0.4, -0.2) is 57.6 Å². The number of nitrogens with zero attached hydrogens (tertiary/aromatic N) is 3. The van der Waals surface area contributed by atoms with E-state index in [0.29, 0.717) is 47.6 Å². The SMILES string of the molecule is CC(C)(NC(=O)CN1Cc2ccc(-c3nc(NC4CCOCC4)ncc3Cl)cc2C1=O)c1cccc(CO)c1. The van der Waals surface area contributed by atoms with E-state index in [9.17, 15) is 14.7 Å². The number of benzene rings is 2. The average Bonchev–Trinajstić information content (AvgIpc) is 3.24. The molecule has 9 nitrogen and oxygen atoms in total. The molecule has 204 valence electrons. The molecule has 39 heavy (non-hydrogen) atoms. The van der Waals surface area contributed by atoms with Crippen LogP contribution in [-0.2, 0) is 28.2 Å². The van der Waals surface area contributed by atoms with E-state index in [4.69, 9.17) is 16.3 Å². The van der Waals surface area contributed by atoms with E-state index in [1.807, 2.05) is 50.2 Å². The topological polar surface area (TPSA) is 117 Å². The van der Waals surface area contributed by atoms with E-state index >= 15 is 0 Å². The van der Waals surface area contributed by atoms with Crippen molar-refractivity contribution in [2.75, 3.05) is 25.1 Å². The van der Waals surface area contributed by atoms with Gasteiger partial charge in [0.1, 0.15) is 6.54 Å². The predicted molar refractivity (Wildman–Crippen MR) is 148 cm³/mol. The maximum atomic E-state index is 13.3. The molecule has 10 heteroatoms. The molecular formula is C29H32ClN5O4. The monoisotopic (exact) mass is 549 g/mol. The van der Waals surface area contributed by atoms with Crippen molar-refractivity contribution >= 4 is 29.4 Å². The van der Waals surface area contributed by atoms with E-state index in [0.717, 1.165) is 29.5 Å². The summed E-state index contributed by atoms with van der Waals surface area (Å²) >= 11 is 6.45. The molecule has 1 fully saturated rings. The Morgan fingerprint density at radius 3 is 2.77 bits per heavy atom. The Bertz CT molecular complexity index is 1390. The largest absolute Gasteiger partial charge is 0.392 e. The molecule has 0 saturated carbocycles. The number of carbonyl (C=O) groups is 2. The molecule has 5 rings (SSSR count). The molecule has 0 aliphatic carbocycles. The zero-order valence-corrected chi connectivity index (χ0v) is 22.8. The Morgan fingerprint density at radius 1 is 1.21 bits per heavy atom. The van der Waals surface area contributed by atoms with Gasteiger partial charge in [-0.25, -0.2) is 9.97 Å². The van der Waals surface area contributed by atoms with Crippen LogP contribution in [0.15, 0.2) is 48.7 Å². The second-order valence-corrected chi connectivity index (χ2v) is 10.9. The van der Waals surface area contributed by atoms with E-state index in [1.54, 1.807) is 12.3 Å². The fourth-order valence-corrected chi connectivity index (χ4v) is 5.19. The van der Waals surface area contributed by atoms with E-state index < -0.39 is 5.54 Å². The first-order valence-electron chi connectivity index (χ1n) is 13.0. The smallest absolute Gasteiger partial charge is 0.254 e. The molecule has 0 bridgehead atoms. The maximum absolute atomic E-state index is 13.3. The van der Waals surface area contributed by atoms with Crippen LogP contribution in [0.25, 0.3) is 11.3 Å². The van der Waals surface area contributed by atoms with Crippen LogP contribution in [0.1, 0.15) is 53.7 Å². The zero-order chi connectivity index (χ0) is 27.6. The summed E-state index contributed by atoms with van der Waals surface area (Å²) in [6.45, 7) is 5.39. The van der Waals surface area contributed by atoms with Crippen LogP contribution in [0.3, 0.4) is 0 Å². The third-order valence-corrected chi connectivity index (χ3v) is 7.45. The van der Waals surface area contributed by atoms with Gasteiger partial charge < -0.3 is 25.4 Å². The summed E-state index contributed by atoms with van der Waals surface area (Å²) in [7, 11) is 0. The highest BCUT2D eigenvalue weighted by molar-refractivity contribution is 6.33. The lowest BCUT2D eigenvalue weighted by atomic mass is 9.93. The number of aromatic nitrogens is 2. The van der Waals surface area contributed by atoms with Gasteiger partial charge in [-0.05, 0) is 49.4 Å². The summed E-state index contributed by atoms with van der Waals surface area (Å²) in [4.78, 5) is 36.7. The molecule has 1 aromatic heterocycles. The summed E-state index contributed by atoms with van der Waals surface area (Å²) in [5.41, 5.74) is 3.59. The molecule has 2 amide bonds. The summed E-state index contributed by atoms with van der Waals surface area (Å²) in [5, 5.41) is 16.2. The predicted octanol–water partition coefficient (Wildman–Crippen LogP) is 3.89. The number of hydrogen-bond acceptors (Lipinski definition) is 7. The lowest BCUT2D eigenvalue weighted by molar-refractivity contribution is -0.123. The van der Waals surface area contributed by atoms with Gasteiger partial charge in [0.15, 0.2) is 0 Å². The van der Waals surface area contributed by atoms with Gasteiger partial charge in [-0.3, -0.25) is 9.59 Å². The number of halogens is 1. The third kappa shape index (κ3) is 6.06. The fourth-order valence-electron chi connectivity index (χ4n) is 4.99. The van der Waals surface area contributed by atoms with Crippen LogP contribution in [0, 0.1) is 0 Å². The van der Waals surface area contributed by atoms with Crippen LogP contribution >= 0.6 is 11.6 Å². The summed E-state index contributed by atoms with van der Waals surface area (Å²) in [6, 6.07) is 13.2. The highest BCUT2D eigenvalue weighted by Crippen LogP contribution is 2.32. The molecule has 3 heterocycles. The van der Waals surface area contributed by atoms with E-state index in [2.05, 4.69) is 20.6 Å². The Balaban J connectivity index is 1.28. The maximum Gasteiger partial charge on any atom is 0.254 e. The van der Waals surface area contributed by atoms with Crippen molar-refractivity contribution in [1.29, 1.82) is 0 Å². The molecule has 3 aromatic rings. The summed E-state index contributed by atoms with van der Waals surface area (Å²) in [5.74, 6) is 0.00448. The van der Waals surface area contributed by atoms with Crippen LogP contribution in [0.4, 0.5) is 5.95 Å². The standard InChI is InChI=1S/C29H32ClN5O4/c1-29(2,21-5-3-4-18(12-21)17-36)34-25(37)16-35-15-20-7-6-19(13-23(20)27(35)38)26-24(30)14-31-28(33-26)32-22-8-10-39-11-9-22/h3-7,12-14,22,36H,8-11,15-17H2,1-2H3,(H,34,37)(H,31,32,33). The lowest BCUT2D eigenvalue weighted by Crippen LogP contribution is -2.46. The molecule has 0 unspecified atom stereocenters. The minimum absolute atomic E-state index is 0.0700. The molecule has 2 aliphatic rings. The number of aliphatic hydroxyl groups excluding tert-OH is 1. The second-order valence-electron chi connectivity index (χ2n) is 10.5. The Labute approximate surface area is 232 Å². The number of fused-ring (bicyclic) bond motifs is 1. The number of rotatable bonds is 8. The first-order chi connectivity index (χ1) is 18.7. The van der Waals surface area contributed by atoms with Crippen molar-refractivity contribution in [2.24, 2.45) is 0 Å². The molecule has 1 saturated heterocycles. The van der Waals surface area contributed by atoms with Gasteiger partial charge in [-0.15, -0.1) is 0 Å². The van der Waals surface area contributed by atoms with Gasteiger partial charge in [0.25, 0.3) is 5.91 Å². The minimum Gasteiger partial charge on any atom is -0.392 e. The number of aliphatic hydroxyl groups is 1. The highest BCUT2D eigenvalue weighted by Gasteiger charge is 2.31. The normalized spacial score (nSPS) is 15.8. The van der Waals surface area contributed by atoms with Crippen LogP contribution < -0.4 is 10.6 Å². The molecule has 0 radical (unpaired) electrons. The van der Waals surface area contributed by atoms with Crippen molar-refractivity contribution < 1.29 is 19.4 Å². The molecule has 2 aromatic carbocycles. The van der Waals surface area contributed by atoms with Crippen molar-refractivity contribution in [1.82, 2.24) is 20.2 Å². The lowest BCUT2D eigenvalue weighted by Gasteiger charge is -2.28. The van der Waals surface area contributed by atoms with E-state index in [-0.39, 0.29) is 31.0 Å². The minimum atomic E-state index is -0.675. The Kier molecular flexibility index (Phi) is 7.83. The molecule has 2 aliphatic heterocycles. The number of carbonyl (C=O) groups excluding carboxylic acids is 2. The second kappa shape index (κ2) is 11.3. The fraction of sp³-hybridized carbons (Fsp3) is 0.379. The Hall–Kier alpha value is -3.53. The van der Waals surface area contributed by atoms with Crippen molar-refractivity contribution in [3.05, 3.63) is 75.9 Å². The van der Waals surface area contributed by atoms with Crippen LogP contribution in [0.2, 0.25) is 5.02 Å². The van der Waals surface area contributed by atoms with Crippen molar-refractivity contribution in [3.63, 3.8) is 0 Å². The molecule has 0 spiro atoms. The number of anilines is 1. The van der Waals surface area contributed by atoms with Gasteiger partial charge in [0.2, 0.25) is 11.9 Å². The van der Waals surface area contributed by atoms with Gasteiger partial charge in [0, 0.05) is 36.9 Å². The number of nitrogens with one attached hydrogen (secondary N) is 2. The zero-order valence-electron chi connectivity index (χ0n) is 22.0. The molecule has 0 atom stereocenters. The molecule has 3 N–H and O–H groups in total. The number of ether oxygens (including phenoxy) is 1. The van der Waals surface area contributed by atoms with Gasteiger partial charge >= 0.3 is 0 Å². The van der Waals surface area contributed by atoms with Gasteiger partial charge in [-0.1, -0.05) is 48.0 Å². The average molecular weight is 550 g/mol. The van der Waals surface area contributed by atoms with Crippen molar-refractivity contribution in [2.45, 2.75) is 51.4 Å². The number of hydrogen-bond donors (Lipinski definition) is 3. The quantitative estimate of drug-likeness (QED) is 0.390. The van der Waals surface area contributed by atoms with E-state index in [1.165, 1.54) is 4.90 Å². The first kappa shape index (κ1) is 27.1. The van der Waals surface area contributed by atoms with Gasteiger partial charge in [-0.2, -0.15) is 0 Å². The van der Waals surface area contributed by atoms with Gasteiger partial charge in [0.05, 0.1) is 29.1 Å². The third-order valence-electron chi connectivity index (χ3n) is 7.18. The number of amides is 2. The molecular weight excluding hydrogens is 518 g/mol. The first-order valence-corrected chi connectivity index (χ1v) is 13.4. The summed E-state index contributed by atoms with van der Waals surface area (Å²) < 4.78 is 5.42. The van der Waals surface area contributed by atoms with Crippen molar-refractivity contribution in [3.8, 4) is 11.3 Å². The highest BCUT2D eigenvalue weighted by atomic mass is 35.5. The summed E-state index contributed by atoms with van der Waals surface area (Å²) in [6.07, 6.45) is 3.32.